The molecule has 2 aliphatic carbocycles. The molecular formula is C7H8N2O. The van der Waals surface area contributed by atoms with Crippen LogP contribution in [0.25, 0.3) is 5.53 Å². The number of rotatable bonds is 0. The van der Waals surface area contributed by atoms with Crippen molar-refractivity contribution in [1.82, 2.24) is 0 Å². The van der Waals surface area contributed by atoms with Crippen LogP contribution in [0.1, 0.15) is 19.3 Å². The Morgan fingerprint density at radius 1 is 1.40 bits per heavy atom. The minimum absolute atomic E-state index is 0.0822. The van der Waals surface area contributed by atoms with Gasteiger partial charge in [-0.2, -0.15) is 4.79 Å². The largest absolute Gasteiger partial charge is 0.361 e. The number of hydrogen-bond donors (Lipinski definition) is 0. The van der Waals surface area contributed by atoms with Gasteiger partial charge in [-0.1, -0.05) is 0 Å². The molecule has 0 N–H and O–H groups in total. The molecule has 0 heterocycles. The molecule has 10 heavy (non-hydrogen) atoms. The predicted molar refractivity (Wildman–Crippen MR) is 34.5 cm³/mol. The normalized spacial score (nSPS) is 36.8. The van der Waals surface area contributed by atoms with Crippen LogP contribution in [0.4, 0.5) is 0 Å². The number of hydrogen-bond acceptors (Lipinski definition) is 1. The van der Waals surface area contributed by atoms with E-state index in [4.69, 9.17) is 5.53 Å². The zero-order valence-corrected chi connectivity index (χ0v) is 5.58. The maximum atomic E-state index is 11.1. The first kappa shape index (κ1) is 5.81. The zero-order valence-electron chi connectivity index (χ0n) is 5.58. The van der Waals surface area contributed by atoms with Crippen LogP contribution in [0.2, 0.25) is 0 Å². The van der Waals surface area contributed by atoms with Gasteiger partial charge in [-0.3, -0.25) is 4.79 Å². The van der Waals surface area contributed by atoms with Crippen molar-refractivity contribution in [2.24, 2.45) is 11.8 Å². The van der Waals surface area contributed by atoms with Crippen molar-refractivity contribution in [2.45, 2.75) is 19.3 Å². The van der Waals surface area contributed by atoms with Gasteiger partial charge < -0.3 is 5.53 Å². The fraction of sp³-hybridized carbons (Fsp3) is 0.714. The molecule has 2 bridgehead atoms. The van der Waals surface area contributed by atoms with E-state index in [-0.39, 0.29) is 17.6 Å². The van der Waals surface area contributed by atoms with E-state index in [1.165, 1.54) is 0 Å². The van der Waals surface area contributed by atoms with Gasteiger partial charge in [0.15, 0.2) is 0 Å². The van der Waals surface area contributed by atoms with Crippen LogP contribution < -0.4 is 0 Å². The summed E-state index contributed by atoms with van der Waals surface area (Å²) >= 11 is 0. The minimum atomic E-state index is 0.0822. The van der Waals surface area contributed by atoms with Crippen molar-refractivity contribution in [2.75, 3.05) is 0 Å². The molecule has 2 atom stereocenters. The first-order valence-electron chi connectivity index (χ1n) is 3.59. The molecule has 0 aliphatic heterocycles. The first-order chi connectivity index (χ1) is 4.83. The van der Waals surface area contributed by atoms with Crippen molar-refractivity contribution >= 4 is 11.5 Å². The third-order valence-corrected chi connectivity index (χ3v) is 2.55. The van der Waals surface area contributed by atoms with E-state index >= 15 is 0 Å². The molecule has 2 fully saturated rings. The Morgan fingerprint density at radius 2 is 2.10 bits per heavy atom. The Bertz CT molecular complexity index is 240. The Morgan fingerprint density at radius 3 is 2.50 bits per heavy atom. The van der Waals surface area contributed by atoms with Crippen molar-refractivity contribution in [3.63, 3.8) is 0 Å². The Kier molecular flexibility index (Phi) is 1.03. The molecule has 2 saturated carbocycles. The number of Topliss-reactive ketones (excluding diaryl/α,β-unsaturated/α-hetero) is 1. The molecule has 2 unspecified atom stereocenters. The van der Waals surface area contributed by atoms with Crippen molar-refractivity contribution in [3.05, 3.63) is 5.53 Å². The number of ketones is 1. The molecule has 0 aromatic heterocycles. The summed E-state index contributed by atoms with van der Waals surface area (Å²) in [6.07, 6.45) is 2.97. The SMILES string of the molecule is [N-]=[N+]=C1C(=O)C2CCC1C2. The van der Waals surface area contributed by atoms with Gasteiger partial charge in [-0.05, 0) is 19.3 Å². The van der Waals surface area contributed by atoms with Gasteiger partial charge in [0.25, 0.3) is 0 Å². The Hall–Kier alpha value is -0.950. The van der Waals surface area contributed by atoms with Crippen molar-refractivity contribution in [1.29, 1.82) is 0 Å². The molecule has 0 amide bonds. The summed E-state index contributed by atoms with van der Waals surface area (Å²) in [6.45, 7) is 0. The molecule has 0 radical (unpaired) electrons. The molecular weight excluding hydrogens is 128 g/mol. The first-order valence-corrected chi connectivity index (χ1v) is 3.59. The smallest absolute Gasteiger partial charge is 0.337 e. The Balaban J connectivity index is 2.42. The van der Waals surface area contributed by atoms with Crippen LogP contribution in [-0.4, -0.2) is 16.3 Å². The molecule has 2 aliphatic rings. The average molecular weight is 136 g/mol. The van der Waals surface area contributed by atoms with Gasteiger partial charge in [0.2, 0.25) is 5.78 Å². The monoisotopic (exact) mass is 136 g/mol. The summed E-state index contributed by atoms with van der Waals surface area (Å²) in [5, 5.41) is 0. The third-order valence-electron chi connectivity index (χ3n) is 2.55. The molecule has 52 valence electrons. The summed E-state index contributed by atoms with van der Waals surface area (Å²) in [7, 11) is 0. The second-order valence-electron chi connectivity index (χ2n) is 3.06. The maximum Gasteiger partial charge on any atom is 0.337 e. The molecule has 3 heteroatoms. The standard InChI is InChI=1S/C7H8N2O/c8-9-6-4-1-2-5(3-4)7(6)10/h4-5H,1-3H2. The molecule has 0 saturated heterocycles. The average Bonchev–Trinajstić information content (AvgIpc) is 2.46. The van der Waals surface area contributed by atoms with Gasteiger partial charge in [0, 0.05) is 5.92 Å². The molecule has 3 nitrogen and oxygen atoms in total. The van der Waals surface area contributed by atoms with E-state index in [9.17, 15) is 4.79 Å². The Labute approximate surface area is 58.7 Å². The van der Waals surface area contributed by atoms with Gasteiger partial charge in [-0.15, -0.1) is 0 Å². The lowest BCUT2D eigenvalue weighted by Crippen LogP contribution is -2.22. The van der Waals surface area contributed by atoms with Crippen LogP contribution in [0, 0.1) is 11.8 Å². The molecule has 2 rings (SSSR count). The van der Waals surface area contributed by atoms with E-state index in [1.807, 2.05) is 0 Å². The van der Waals surface area contributed by atoms with Crippen LogP contribution >= 0.6 is 0 Å². The highest BCUT2D eigenvalue weighted by atomic mass is 16.1. The van der Waals surface area contributed by atoms with Gasteiger partial charge in [0.1, 0.15) is 0 Å². The van der Waals surface area contributed by atoms with Gasteiger partial charge >= 0.3 is 5.71 Å². The summed E-state index contributed by atoms with van der Waals surface area (Å²) in [4.78, 5) is 14.1. The lowest BCUT2D eigenvalue weighted by atomic mass is 9.97. The third kappa shape index (κ3) is 0.531. The minimum Gasteiger partial charge on any atom is -0.361 e. The fourth-order valence-electron chi connectivity index (χ4n) is 2.01. The maximum absolute atomic E-state index is 11.1. The van der Waals surface area contributed by atoms with E-state index < -0.39 is 0 Å². The van der Waals surface area contributed by atoms with Crippen molar-refractivity contribution in [3.8, 4) is 0 Å². The lowest BCUT2D eigenvalue weighted by molar-refractivity contribution is -0.120. The molecule has 0 aromatic carbocycles. The van der Waals surface area contributed by atoms with E-state index in [0.29, 0.717) is 5.71 Å². The topological polar surface area (TPSA) is 53.5 Å². The number of carbonyl (C=O) groups is 1. The van der Waals surface area contributed by atoms with Crippen molar-refractivity contribution < 1.29 is 9.58 Å². The van der Waals surface area contributed by atoms with Gasteiger partial charge in [-0.25, -0.2) is 0 Å². The van der Waals surface area contributed by atoms with E-state index in [2.05, 4.69) is 4.79 Å². The van der Waals surface area contributed by atoms with Crippen LogP contribution in [-0.2, 0) is 4.79 Å². The highest BCUT2D eigenvalue weighted by molar-refractivity contribution is 6.41. The number of nitrogens with zero attached hydrogens (tertiary/aromatic N) is 2. The van der Waals surface area contributed by atoms with Crippen LogP contribution in [0.3, 0.4) is 0 Å². The van der Waals surface area contributed by atoms with Gasteiger partial charge in [0.05, 0.1) is 5.92 Å². The molecule has 0 aromatic rings. The summed E-state index contributed by atoms with van der Waals surface area (Å²) < 4.78 is 0. The number of carbonyl (C=O) groups excluding carboxylic acids is 1. The lowest BCUT2D eigenvalue weighted by Gasteiger charge is -2.00. The fourth-order valence-corrected chi connectivity index (χ4v) is 2.01. The summed E-state index contributed by atoms with van der Waals surface area (Å²) in [5.74, 6) is 0.553. The second-order valence-corrected chi connectivity index (χ2v) is 3.06. The summed E-state index contributed by atoms with van der Waals surface area (Å²) in [6, 6.07) is 0. The van der Waals surface area contributed by atoms with Crippen LogP contribution in [0.5, 0.6) is 0 Å². The second kappa shape index (κ2) is 1.77. The molecule has 0 spiro atoms. The quantitative estimate of drug-likeness (QED) is 0.356. The predicted octanol–water partition coefficient (Wildman–Crippen LogP) is 0.656. The number of fused-ring (bicyclic) bond motifs is 2. The highest BCUT2D eigenvalue weighted by Crippen LogP contribution is 2.39. The van der Waals surface area contributed by atoms with E-state index in [0.717, 1.165) is 19.3 Å². The van der Waals surface area contributed by atoms with Crippen LogP contribution in [0.15, 0.2) is 0 Å². The highest BCUT2D eigenvalue weighted by Gasteiger charge is 2.49. The zero-order chi connectivity index (χ0) is 7.14. The summed E-state index contributed by atoms with van der Waals surface area (Å²) in [5.41, 5.74) is 8.85. The van der Waals surface area contributed by atoms with E-state index in [1.54, 1.807) is 0 Å².